The van der Waals surface area contributed by atoms with E-state index in [9.17, 15) is 14.4 Å². The third-order valence-corrected chi connectivity index (χ3v) is 3.51. The van der Waals surface area contributed by atoms with Gasteiger partial charge in [0.15, 0.2) is 11.9 Å². The maximum Gasteiger partial charge on any atom is 0.347 e. The van der Waals surface area contributed by atoms with Crippen LogP contribution < -0.4 is 0 Å². The first kappa shape index (κ1) is 12.8. The highest BCUT2D eigenvalue weighted by molar-refractivity contribution is 6.20. The Morgan fingerprint density at radius 3 is 2.61 bits per heavy atom. The van der Waals surface area contributed by atoms with E-state index in [4.69, 9.17) is 9.47 Å². The molecule has 0 aromatic heterocycles. The van der Waals surface area contributed by atoms with Gasteiger partial charge in [0.05, 0.1) is 12.2 Å². The van der Waals surface area contributed by atoms with E-state index >= 15 is 0 Å². The van der Waals surface area contributed by atoms with Crippen molar-refractivity contribution in [2.45, 2.75) is 44.6 Å². The van der Waals surface area contributed by atoms with E-state index in [0.717, 1.165) is 19.3 Å². The molecule has 5 heteroatoms. The van der Waals surface area contributed by atoms with E-state index in [0.29, 0.717) is 19.1 Å². The molecule has 0 saturated heterocycles. The zero-order valence-corrected chi connectivity index (χ0v) is 10.4. The van der Waals surface area contributed by atoms with Crippen molar-refractivity contribution in [1.82, 2.24) is 0 Å². The molecule has 1 aliphatic heterocycles. The van der Waals surface area contributed by atoms with Gasteiger partial charge in [-0.15, -0.1) is 0 Å². The summed E-state index contributed by atoms with van der Waals surface area (Å²) < 4.78 is 10.1. The summed E-state index contributed by atoms with van der Waals surface area (Å²) in [4.78, 5) is 34.8. The van der Waals surface area contributed by atoms with Gasteiger partial charge in [0, 0.05) is 0 Å². The maximum absolute atomic E-state index is 11.8. The average molecular weight is 252 g/mol. The highest BCUT2D eigenvalue weighted by Gasteiger charge is 2.50. The Morgan fingerprint density at radius 1 is 1.39 bits per heavy atom. The second-order valence-electron chi connectivity index (χ2n) is 4.57. The molecule has 0 amide bonds. The fourth-order valence-electron chi connectivity index (χ4n) is 2.68. The van der Waals surface area contributed by atoms with Gasteiger partial charge in [0.2, 0.25) is 0 Å². The van der Waals surface area contributed by atoms with Gasteiger partial charge < -0.3 is 9.47 Å². The van der Waals surface area contributed by atoms with Crippen LogP contribution in [-0.2, 0) is 23.9 Å². The van der Waals surface area contributed by atoms with Gasteiger partial charge in [-0.05, 0) is 32.6 Å². The first-order valence-electron chi connectivity index (χ1n) is 6.25. The zero-order valence-electron chi connectivity index (χ0n) is 10.4. The largest absolute Gasteiger partial charge is 0.462 e. The van der Waals surface area contributed by atoms with Crippen LogP contribution in [0.2, 0.25) is 0 Å². The van der Waals surface area contributed by atoms with Crippen LogP contribution in [0.5, 0.6) is 0 Å². The monoisotopic (exact) mass is 252 g/mol. The van der Waals surface area contributed by atoms with E-state index in [1.54, 1.807) is 6.92 Å². The number of rotatable bonds is 3. The SMILES string of the molecule is CCOC(=O)C1=C(C=O)C2(CCCCC2)OC1=O. The lowest BCUT2D eigenvalue weighted by Crippen LogP contribution is -2.35. The van der Waals surface area contributed by atoms with Gasteiger partial charge in [-0.3, -0.25) is 4.79 Å². The van der Waals surface area contributed by atoms with Crippen LogP contribution in [0.3, 0.4) is 0 Å². The molecule has 98 valence electrons. The lowest BCUT2D eigenvalue weighted by molar-refractivity contribution is -0.152. The van der Waals surface area contributed by atoms with Crippen LogP contribution in [0, 0.1) is 0 Å². The third kappa shape index (κ3) is 1.94. The highest BCUT2D eigenvalue weighted by Crippen LogP contribution is 2.43. The summed E-state index contributed by atoms with van der Waals surface area (Å²) >= 11 is 0. The van der Waals surface area contributed by atoms with Crippen LogP contribution in [-0.4, -0.2) is 30.4 Å². The van der Waals surface area contributed by atoms with Gasteiger partial charge in [-0.25, -0.2) is 9.59 Å². The second kappa shape index (κ2) is 4.92. The summed E-state index contributed by atoms with van der Waals surface area (Å²) in [7, 11) is 0. The van der Waals surface area contributed by atoms with Gasteiger partial charge in [-0.2, -0.15) is 0 Å². The summed E-state index contributed by atoms with van der Waals surface area (Å²) in [6, 6.07) is 0. The van der Waals surface area contributed by atoms with Gasteiger partial charge in [-0.1, -0.05) is 6.42 Å². The number of carbonyl (C=O) groups excluding carboxylic acids is 3. The molecule has 5 nitrogen and oxygen atoms in total. The summed E-state index contributed by atoms with van der Waals surface area (Å²) in [6.45, 7) is 1.81. The summed E-state index contributed by atoms with van der Waals surface area (Å²) in [5.74, 6) is -1.48. The minimum Gasteiger partial charge on any atom is -0.462 e. The van der Waals surface area contributed by atoms with Crippen molar-refractivity contribution in [2.75, 3.05) is 6.61 Å². The van der Waals surface area contributed by atoms with Crippen molar-refractivity contribution in [3.8, 4) is 0 Å². The Labute approximate surface area is 105 Å². The minimum absolute atomic E-state index is 0.161. The average Bonchev–Trinajstić information content (AvgIpc) is 2.62. The van der Waals surface area contributed by atoms with Crippen molar-refractivity contribution in [3.05, 3.63) is 11.1 Å². The van der Waals surface area contributed by atoms with Crippen LogP contribution in [0.1, 0.15) is 39.0 Å². The highest BCUT2D eigenvalue weighted by atomic mass is 16.6. The van der Waals surface area contributed by atoms with Crippen molar-refractivity contribution in [3.63, 3.8) is 0 Å². The molecule has 1 heterocycles. The van der Waals surface area contributed by atoms with Gasteiger partial charge >= 0.3 is 11.9 Å². The number of hydrogen-bond acceptors (Lipinski definition) is 5. The van der Waals surface area contributed by atoms with Gasteiger partial charge in [0.1, 0.15) is 5.60 Å². The van der Waals surface area contributed by atoms with E-state index in [-0.39, 0.29) is 17.8 Å². The molecular weight excluding hydrogens is 236 g/mol. The Bertz CT molecular complexity index is 415. The number of esters is 2. The standard InChI is InChI=1S/C13H16O5/c1-2-17-11(15)10-9(8-14)13(18-12(10)16)6-4-3-5-7-13/h8H,2-7H2,1H3. The lowest BCUT2D eigenvalue weighted by Gasteiger charge is -2.32. The normalized spacial score (nSPS) is 21.9. The van der Waals surface area contributed by atoms with Crippen LogP contribution >= 0.6 is 0 Å². The Balaban J connectivity index is 2.39. The Kier molecular flexibility index (Phi) is 3.50. The predicted octanol–water partition coefficient (Wildman–Crippen LogP) is 1.30. The predicted molar refractivity (Wildman–Crippen MR) is 61.6 cm³/mol. The van der Waals surface area contributed by atoms with Crippen molar-refractivity contribution in [2.24, 2.45) is 0 Å². The van der Waals surface area contributed by atoms with Crippen LogP contribution in [0.25, 0.3) is 0 Å². The molecular formula is C13H16O5. The molecule has 0 atom stereocenters. The van der Waals surface area contributed by atoms with E-state index in [2.05, 4.69) is 0 Å². The van der Waals surface area contributed by atoms with Gasteiger partial charge in [0.25, 0.3) is 0 Å². The molecule has 1 spiro atoms. The molecule has 18 heavy (non-hydrogen) atoms. The first-order chi connectivity index (χ1) is 8.64. The number of aldehydes is 1. The minimum atomic E-state index is -0.876. The molecule has 0 unspecified atom stereocenters. The molecule has 0 N–H and O–H groups in total. The van der Waals surface area contributed by atoms with E-state index in [1.807, 2.05) is 0 Å². The molecule has 0 aromatic rings. The molecule has 1 fully saturated rings. The molecule has 0 bridgehead atoms. The Hall–Kier alpha value is -1.65. The summed E-state index contributed by atoms with van der Waals surface area (Å²) in [6.07, 6.45) is 4.62. The fraction of sp³-hybridized carbons (Fsp3) is 0.615. The van der Waals surface area contributed by atoms with Crippen LogP contribution in [0.4, 0.5) is 0 Å². The van der Waals surface area contributed by atoms with Crippen molar-refractivity contribution >= 4 is 18.2 Å². The van der Waals surface area contributed by atoms with Crippen molar-refractivity contribution < 1.29 is 23.9 Å². The number of carbonyl (C=O) groups is 3. The van der Waals surface area contributed by atoms with E-state index < -0.39 is 17.5 Å². The summed E-state index contributed by atoms with van der Waals surface area (Å²) in [5, 5.41) is 0. The zero-order chi connectivity index (χ0) is 13.2. The molecule has 0 radical (unpaired) electrons. The third-order valence-electron chi connectivity index (χ3n) is 3.51. The molecule has 1 aliphatic carbocycles. The fourth-order valence-corrected chi connectivity index (χ4v) is 2.68. The topological polar surface area (TPSA) is 69.7 Å². The van der Waals surface area contributed by atoms with Crippen molar-refractivity contribution in [1.29, 1.82) is 0 Å². The molecule has 2 rings (SSSR count). The quantitative estimate of drug-likeness (QED) is 0.430. The smallest absolute Gasteiger partial charge is 0.347 e. The maximum atomic E-state index is 11.8. The molecule has 2 aliphatic rings. The molecule has 1 saturated carbocycles. The number of ether oxygens (including phenoxy) is 2. The molecule has 0 aromatic carbocycles. The van der Waals surface area contributed by atoms with E-state index in [1.165, 1.54) is 0 Å². The Morgan fingerprint density at radius 2 is 2.06 bits per heavy atom. The summed E-state index contributed by atoms with van der Waals surface area (Å²) in [5.41, 5.74) is -0.918. The number of hydrogen-bond donors (Lipinski definition) is 0. The second-order valence-corrected chi connectivity index (χ2v) is 4.57. The first-order valence-corrected chi connectivity index (χ1v) is 6.25. The van der Waals surface area contributed by atoms with Crippen LogP contribution in [0.15, 0.2) is 11.1 Å². The lowest BCUT2D eigenvalue weighted by atomic mass is 9.79.